The molecule has 0 saturated carbocycles. The van der Waals surface area contributed by atoms with Gasteiger partial charge in [0.15, 0.2) is 5.76 Å². The zero-order chi connectivity index (χ0) is 19.5. The third-order valence-electron chi connectivity index (χ3n) is 3.52. The summed E-state index contributed by atoms with van der Waals surface area (Å²) in [6.07, 6.45) is 1.48. The van der Waals surface area contributed by atoms with Crippen molar-refractivity contribution >= 4 is 23.9 Å². The van der Waals surface area contributed by atoms with Gasteiger partial charge in [0.1, 0.15) is 0 Å². The molecule has 2 aromatic rings. The second-order valence-electron chi connectivity index (χ2n) is 5.59. The highest BCUT2D eigenvalue weighted by atomic mass is 16.6. The first-order valence-corrected chi connectivity index (χ1v) is 8.40. The van der Waals surface area contributed by atoms with Crippen molar-refractivity contribution in [3.63, 3.8) is 0 Å². The van der Waals surface area contributed by atoms with E-state index in [1.54, 1.807) is 24.3 Å². The summed E-state index contributed by atoms with van der Waals surface area (Å²) in [5.41, 5.74) is 1.50. The van der Waals surface area contributed by atoms with Gasteiger partial charge in [-0.2, -0.15) is 0 Å². The van der Waals surface area contributed by atoms with Crippen molar-refractivity contribution in [1.82, 2.24) is 0 Å². The Bertz CT molecular complexity index is 813. The molecule has 0 spiro atoms. The van der Waals surface area contributed by atoms with Crippen molar-refractivity contribution in [1.29, 1.82) is 0 Å². The fraction of sp³-hybridized carbons (Fsp3) is 0.190. The standard InChI is InChI=1S/C21H21NO5/c1-26-19(24)12-13-22-21(18(23)14-16-8-4-2-5-9-16)27-20(25)15-17-10-6-3-7-11-17/h2-11,14,23H,12-13,15H2,1H3/b18-14-,22-21?. The van der Waals surface area contributed by atoms with Crippen molar-refractivity contribution in [3.05, 3.63) is 77.5 Å². The molecule has 0 unspecified atom stereocenters. The highest BCUT2D eigenvalue weighted by Crippen LogP contribution is 2.09. The maximum Gasteiger partial charge on any atom is 0.317 e. The Labute approximate surface area is 157 Å². The number of aliphatic hydroxyl groups is 1. The normalized spacial score (nSPS) is 11.7. The minimum absolute atomic E-state index is 0.00878. The monoisotopic (exact) mass is 367 g/mol. The summed E-state index contributed by atoms with van der Waals surface area (Å²) in [7, 11) is 1.28. The summed E-state index contributed by atoms with van der Waals surface area (Å²) in [5, 5.41) is 10.3. The van der Waals surface area contributed by atoms with E-state index < -0.39 is 11.9 Å². The summed E-state index contributed by atoms with van der Waals surface area (Å²) < 4.78 is 9.80. The van der Waals surface area contributed by atoms with Crippen LogP contribution in [0.25, 0.3) is 6.08 Å². The molecule has 2 aromatic carbocycles. The van der Waals surface area contributed by atoms with Crippen LogP contribution in [0.1, 0.15) is 17.5 Å². The number of benzene rings is 2. The molecule has 0 aromatic heterocycles. The summed E-state index contributed by atoms with van der Waals surface area (Å²) in [4.78, 5) is 27.5. The number of carbonyl (C=O) groups is 2. The quantitative estimate of drug-likeness (QED) is 0.351. The molecule has 0 radical (unpaired) electrons. The Morgan fingerprint density at radius 2 is 1.63 bits per heavy atom. The topological polar surface area (TPSA) is 85.2 Å². The molecule has 0 amide bonds. The lowest BCUT2D eigenvalue weighted by molar-refractivity contribution is -0.140. The predicted molar refractivity (Wildman–Crippen MR) is 102 cm³/mol. The van der Waals surface area contributed by atoms with Crippen molar-refractivity contribution in [2.24, 2.45) is 4.99 Å². The average Bonchev–Trinajstić information content (AvgIpc) is 2.68. The first-order chi connectivity index (χ1) is 13.1. The zero-order valence-electron chi connectivity index (χ0n) is 15.0. The molecular weight excluding hydrogens is 346 g/mol. The Morgan fingerprint density at radius 1 is 1.00 bits per heavy atom. The Balaban J connectivity index is 2.13. The number of hydrogen-bond acceptors (Lipinski definition) is 6. The van der Waals surface area contributed by atoms with Gasteiger partial charge in [0.05, 0.1) is 26.5 Å². The van der Waals surface area contributed by atoms with E-state index in [0.29, 0.717) is 0 Å². The van der Waals surface area contributed by atoms with E-state index in [1.165, 1.54) is 13.2 Å². The molecule has 0 heterocycles. The van der Waals surface area contributed by atoms with E-state index in [0.717, 1.165) is 11.1 Å². The van der Waals surface area contributed by atoms with E-state index in [1.807, 2.05) is 36.4 Å². The number of ether oxygens (including phenoxy) is 2. The van der Waals surface area contributed by atoms with Crippen LogP contribution in [0, 0.1) is 0 Å². The maximum atomic E-state index is 12.2. The van der Waals surface area contributed by atoms with Gasteiger partial charge >= 0.3 is 11.9 Å². The van der Waals surface area contributed by atoms with Crippen molar-refractivity contribution < 1.29 is 24.2 Å². The molecular formula is C21H21NO5. The largest absolute Gasteiger partial charge is 0.503 e. The molecule has 140 valence electrons. The molecule has 1 N–H and O–H groups in total. The number of carbonyl (C=O) groups excluding carboxylic acids is 2. The van der Waals surface area contributed by atoms with E-state index in [4.69, 9.17) is 4.74 Å². The van der Waals surface area contributed by atoms with Crippen molar-refractivity contribution in [2.75, 3.05) is 13.7 Å². The minimum Gasteiger partial charge on any atom is -0.503 e. The molecule has 6 nitrogen and oxygen atoms in total. The van der Waals surface area contributed by atoms with E-state index in [-0.39, 0.29) is 31.0 Å². The van der Waals surface area contributed by atoms with Crippen LogP contribution >= 0.6 is 0 Å². The van der Waals surface area contributed by atoms with Crippen LogP contribution in [-0.2, 0) is 25.5 Å². The van der Waals surface area contributed by atoms with Gasteiger partial charge in [0, 0.05) is 0 Å². The van der Waals surface area contributed by atoms with Crippen LogP contribution in [0.4, 0.5) is 0 Å². The fourth-order valence-electron chi connectivity index (χ4n) is 2.19. The van der Waals surface area contributed by atoms with E-state index in [2.05, 4.69) is 9.73 Å². The first kappa shape index (κ1) is 19.9. The van der Waals surface area contributed by atoms with Crippen LogP contribution in [0.3, 0.4) is 0 Å². The van der Waals surface area contributed by atoms with Crippen molar-refractivity contribution in [2.45, 2.75) is 12.8 Å². The van der Waals surface area contributed by atoms with Crippen molar-refractivity contribution in [3.8, 4) is 0 Å². The van der Waals surface area contributed by atoms with Gasteiger partial charge in [-0.15, -0.1) is 0 Å². The second-order valence-corrected chi connectivity index (χ2v) is 5.59. The molecule has 27 heavy (non-hydrogen) atoms. The summed E-state index contributed by atoms with van der Waals surface area (Å²) in [5.74, 6) is -1.54. The van der Waals surface area contributed by atoms with E-state index >= 15 is 0 Å². The molecule has 0 aliphatic heterocycles. The van der Waals surface area contributed by atoms with Gasteiger partial charge in [-0.1, -0.05) is 60.7 Å². The SMILES string of the molecule is COC(=O)CCN=C(OC(=O)Cc1ccccc1)/C(O)=C/c1ccccc1. The number of esters is 2. The van der Waals surface area contributed by atoms with Gasteiger partial charge in [-0.3, -0.25) is 9.59 Å². The number of aliphatic hydroxyl groups excluding tert-OH is 1. The number of rotatable bonds is 7. The first-order valence-electron chi connectivity index (χ1n) is 8.40. The van der Waals surface area contributed by atoms with Gasteiger partial charge in [0.25, 0.3) is 5.90 Å². The van der Waals surface area contributed by atoms with Gasteiger partial charge in [0.2, 0.25) is 0 Å². The highest BCUT2D eigenvalue weighted by Gasteiger charge is 2.14. The number of hydrogen-bond donors (Lipinski definition) is 1. The molecule has 6 heteroatoms. The maximum absolute atomic E-state index is 12.2. The molecule has 0 fully saturated rings. The third-order valence-corrected chi connectivity index (χ3v) is 3.52. The highest BCUT2D eigenvalue weighted by molar-refractivity contribution is 6.01. The van der Waals surface area contributed by atoms with Gasteiger partial charge in [-0.25, -0.2) is 4.99 Å². The predicted octanol–water partition coefficient (Wildman–Crippen LogP) is 3.33. The summed E-state index contributed by atoms with van der Waals surface area (Å²) in [6.45, 7) is 0.0211. The minimum atomic E-state index is -0.564. The molecule has 0 bridgehead atoms. The smallest absolute Gasteiger partial charge is 0.317 e. The number of methoxy groups -OCH3 is 1. The number of aliphatic imine (C=N–C) groups is 1. The van der Waals surface area contributed by atoms with Crippen LogP contribution in [0.15, 0.2) is 71.4 Å². The summed E-state index contributed by atoms with van der Waals surface area (Å²) in [6, 6.07) is 18.1. The zero-order valence-corrected chi connectivity index (χ0v) is 15.0. The number of nitrogens with zero attached hydrogens (tertiary/aromatic N) is 1. The van der Waals surface area contributed by atoms with Gasteiger partial charge in [-0.05, 0) is 17.2 Å². The second kappa shape index (κ2) is 10.6. The van der Waals surface area contributed by atoms with Crippen LogP contribution < -0.4 is 0 Å². The van der Waals surface area contributed by atoms with Crippen LogP contribution in [0.5, 0.6) is 0 Å². The molecule has 0 aliphatic carbocycles. The lowest BCUT2D eigenvalue weighted by Crippen LogP contribution is -2.17. The molecule has 0 atom stereocenters. The average molecular weight is 367 g/mol. The van der Waals surface area contributed by atoms with Crippen LogP contribution in [0.2, 0.25) is 0 Å². The molecule has 0 aliphatic rings. The van der Waals surface area contributed by atoms with Crippen LogP contribution in [-0.4, -0.2) is 36.6 Å². The lowest BCUT2D eigenvalue weighted by Gasteiger charge is -2.08. The Morgan fingerprint density at radius 3 is 2.26 bits per heavy atom. The third kappa shape index (κ3) is 7.15. The Kier molecular flexibility index (Phi) is 7.78. The Hall–Kier alpha value is -3.41. The lowest BCUT2D eigenvalue weighted by atomic mass is 10.1. The van der Waals surface area contributed by atoms with Gasteiger partial charge < -0.3 is 14.6 Å². The fourth-order valence-corrected chi connectivity index (χ4v) is 2.19. The molecule has 2 rings (SSSR count). The summed E-state index contributed by atoms with van der Waals surface area (Å²) >= 11 is 0. The van der Waals surface area contributed by atoms with E-state index in [9.17, 15) is 14.7 Å². The molecule has 0 saturated heterocycles.